The number of likely N-dealkylation sites (tertiary alicyclic amines) is 1. The molecule has 0 spiro atoms. The fourth-order valence-corrected chi connectivity index (χ4v) is 2.96. The SMILES string of the molecule is COc1nccnc1-c1cccc([C@H](C)N2CCCC2)c1. The van der Waals surface area contributed by atoms with Crippen molar-refractivity contribution < 1.29 is 4.74 Å². The Balaban J connectivity index is 1.92. The molecular formula is C17H21N3O. The maximum Gasteiger partial charge on any atom is 0.240 e. The van der Waals surface area contributed by atoms with Crippen LogP contribution in [0.15, 0.2) is 36.7 Å². The number of benzene rings is 1. The van der Waals surface area contributed by atoms with Crippen LogP contribution in [-0.2, 0) is 0 Å². The summed E-state index contributed by atoms with van der Waals surface area (Å²) >= 11 is 0. The van der Waals surface area contributed by atoms with E-state index >= 15 is 0 Å². The topological polar surface area (TPSA) is 38.3 Å². The monoisotopic (exact) mass is 283 g/mol. The number of hydrogen-bond donors (Lipinski definition) is 0. The molecule has 1 aliphatic heterocycles. The molecule has 1 aromatic carbocycles. The molecule has 2 aromatic rings. The molecule has 4 heteroatoms. The molecule has 0 radical (unpaired) electrons. The standard InChI is InChI=1S/C17H21N3O/c1-13(20-10-3-4-11-20)14-6-5-7-15(12-14)16-17(21-2)19-9-8-18-16/h5-9,12-13H,3-4,10-11H2,1-2H3/t13-/m0/s1. The summed E-state index contributed by atoms with van der Waals surface area (Å²) in [5.41, 5.74) is 3.18. The molecule has 1 atom stereocenters. The molecule has 0 amide bonds. The molecular weight excluding hydrogens is 262 g/mol. The van der Waals surface area contributed by atoms with E-state index < -0.39 is 0 Å². The Hall–Kier alpha value is -1.94. The van der Waals surface area contributed by atoms with Gasteiger partial charge in [0.15, 0.2) is 0 Å². The Morgan fingerprint density at radius 1 is 1.14 bits per heavy atom. The molecule has 1 fully saturated rings. The van der Waals surface area contributed by atoms with E-state index in [2.05, 4.69) is 46.1 Å². The number of hydrogen-bond acceptors (Lipinski definition) is 4. The first-order valence-electron chi connectivity index (χ1n) is 7.49. The van der Waals surface area contributed by atoms with Crippen LogP contribution in [0.25, 0.3) is 11.3 Å². The van der Waals surface area contributed by atoms with Crippen LogP contribution in [0.3, 0.4) is 0 Å². The van der Waals surface area contributed by atoms with Gasteiger partial charge in [0.1, 0.15) is 5.69 Å². The molecule has 0 saturated carbocycles. The molecule has 4 nitrogen and oxygen atoms in total. The van der Waals surface area contributed by atoms with Crippen molar-refractivity contribution in [1.82, 2.24) is 14.9 Å². The van der Waals surface area contributed by atoms with Gasteiger partial charge in [-0.25, -0.2) is 9.97 Å². The molecule has 0 bridgehead atoms. The minimum absolute atomic E-state index is 0.440. The van der Waals surface area contributed by atoms with Gasteiger partial charge in [0, 0.05) is 24.0 Å². The van der Waals surface area contributed by atoms with Crippen molar-refractivity contribution in [2.24, 2.45) is 0 Å². The summed E-state index contributed by atoms with van der Waals surface area (Å²) in [6, 6.07) is 8.98. The predicted molar refractivity (Wildman–Crippen MR) is 83.2 cm³/mol. The fourth-order valence-electron chi connectivity index (χ4n) is 2.96. The van der Waals surface area contributed by atoms with E-state index in [4.69, 9.17) is 4.74 Å². The second-order valence-electron chi connectivity index (χ2n) is 5.46. The molecule has 1 saturated heterocycles. The minimum atomic E-state index is 0.440. The summed E-state index contributed by atoms with van der Waals surface area (Å²) < 4.78 is 5.32. The van der Waals surface area contributed by atoms with Crippen molar-refractivity contribution in [1.29, 1.82) is 0 Å². The highest BCUT2D eigenvalue weighted by Gasteiger charge is 2.20. The minimum Gasteiger partial charge on any atom is -0.479 e. The molecule has 1 aliphatic rings. The van der Waals surface area contributed by atoms with Crippen molar-refractivity contribution in [2.75, 3.05) is 20.2 Å². The van der Waals surface area contributed by atoms with Crippen molar-refractivity contribution >= 4 is 0 Å². The van der Waals surface area contributed by atoms with E-state index in [1.807, 2.05) is 0 Å². The molecule has 2 heterocycles. The summed E-state index contributed by atoms with van der Waals surface area (Å²) in [5, 5.41) is 0. The van der Waals surface area contributed by atoms with Gasteiger partial charge >= 0.3 is 0 Å². The van der Waals surface area contributed by atoms with Gasteiger partial charge in [-0.1, -0.05) is 18.2 Å². The van der Waals surface area contributed by atoms with Gasteiger partial charge in [-0.15, -0.1) is 0 Å². The lowest BCUT2D eigenvalue weighted by Crippen LogP contribution is -2.23. The Morgan fingerprint density at radius 2 is 1.90 bits per heavy atom. The van der Waals surface area contributed by atoms with Gasteiger partial charge in [-0.2, -0.15) is 0 Å². The quantitative estimate of drug-likeness (QED) is 0.863. The Bertz CT molecular complexity index is 608. The van der Waals surface area contributed by atoms with Crippen LogP contribution in [0.2, 0.25) is 0 Å². The van der Waals surface area contributed by atoms with Crippen LogP contribution >= 0.6 is 0 Å². The van der Waals surface area contributed by atoms with Gasteiger partial charge < -0.3 is 4.74 Å². The van der Waals surface area contributed by atoms with Crippen LogP contribution in [0, 0.1) is 0 Å². The van der Waals surface area contributed by atoms with E-state index in [0.29, 0.717) is 11.9 Å². The van der Waals surface area contributed by atoms with Crippen molar-refractivity contribution in [3.8, 4) is 17.1 Å². The molecule has 1 aromatic heterocycles. The average molecular weight is 283 g/mol. The fraction of sp³-hybridized carbons (Fsp3) is 0.412. The highest BCUT2D eigenvalue weighted by Crippen LogP contribution is 2.30. The Labute approximate surface area is 125 Å². The maximum absolute atomic E-state index is 5.32. The van der Waals surface area contributed by atoms with Gasteiger partial charge in [0.25, 0.3) is 0 Å². The van der Waals surface area contributed by atoms with Crippen LogP contribution in [0.5, 0.6) is 5.88 Å². The predicted octanol–water partition coefficient (Wildman–Crippen LogP) is 3.31. The third kappa shape index (κ3) is 2.90. The lowest BCUT2D eigenvalue weighted by molar-refractivity contribution is 0.263. The summed E-state index contributed by atoms with van der Waals surface area (Å²) in [6.07, 6.45) is 5.97. The number of nitrogens with zero attached hydrogens (tertiary/aromatic N) is 3. The maximum atomic E-state index is 5.32. The smallest absolute Gasteiger partial charge is 0.240 e. The number of methoxy groups -OCH3 is 1. The third-order valence-corrected chi connectivity index (χ3v) is 4.19. The summed E-state index contributed by atoms with van der Waals surface area (Å²) in [5.74, 6) is 0.573. The normalized spacial score (nSPS) is 16.9. The van der Waals surface area contributed by atoms with E-state index in [-0.39, 0.29) is 0 Å². The number of rotatable bonds is 4. The summed E-state index contributed by atoms with van der Waals surface area (Å²) in [7, 11) is 1.63. The van der Waals surface area contributed by atoms with Crippen molar-refractivity contribution in [3.05, 3.63) is 42.2 Å². The van der Waals surface area contributed by atoms with Crippen molar-refractivity contribution in [3.63, 3.8) is 0 Å². The molecule has 3 rings (SSSR count). The summed E-state index contributed by atoms with van der Waals surface area (Å²) in [6.45, 7) is 4.66. The molecule has 0 N–H and O–H groups in total. The highest BCUT2D eigenvalue weighted by atomic mass is 16.5. The average Bonchev–Trinajstić information content (AvgIpc) is 3.08. The second kappa shape index (κ2) is 6.22. The molecule has 0 unspecified atom stereocenters. The highest BCUT2D eigenvalue weighted by molar-refractivity contribution is 5.64. The van der Waals surface area contributed by atoms with E-state index in [9.17, 15) is 0 Å². The van der Waals surface area contributed by atoms with Crippen LogP contribution in [0.1, 0.15) is 31.4 Å². The third-order valence-electron chi connectivity index (χ3n) is 4.19. The first kappa shape index (κ1) is 14.0. The summed E-state index contributed by atoms with van der Waals surface area (Å²) in [4.78, 5) is 11.2. The van der Waals surface area contributed by atoms with Crippen LogP contribution < -0.4 is 4.74 Å². The Kier molecular flexibility index (Phi) is 4.15. The van der Waals surface area contributed by atoms with Gasteiger partial charge in [0.05, 0.1) is 7.11 Å². The van der Waals surface area contributed by atoms with Gasteiger partial charge in [0.2, 0.25) is 5.88 Å². The Morgan fingerprint density at radius 3 is 2.67 bits per heavy atom. The second-order valence-corrected chi connectivity index (χ2v) is 5.46. The lowest BCUT2D eigenvalue weighted by Gasteiger charge is -2.24. The first-order valence-corrected chi connectivity index (χ1v) is 7.49. The zero-order valence-corrected chi connectivity index (χ0v) is 12.6. The van der Waals surface area contributed by atoms with Crippen LogP contribution in [-0.4, -0.2) is 35.1 Å². The number of aromatic nitrogens is 2. The van der Waals surface area contributed by atoms with E-state index in [1.165, 1.54) is 31.5 Å². The zero-order valence-electron chi connectivity index (χ0n) is 12.6. The lowest BCUT2D eigenvalue weighted by atomic mass is 10.0. The molecule has 110 valence electrons. The van der Waals surface area contributed by atoms with Crippen LogP contribution in [0.4, 0.5) is 0 Å². The number of ether oxygens (including phenoxy) is 1. The molecule has 0 aliphatic carbocycles. The zero-order chi connectivity index (χ0) is 14.7. The van der Waals surface area contributed by atoms with Gasteiger partial charge in [-0.05, 0) is 44.5 Å². The first-order chi connectivity index (χ1) is 10.3. The van der Waals surface area contributed by atoms with E-state index in [1.54, 1.807) is 19.5 Å². The van der Waals surface area contributed by atoms with Gasteiger partial charge in [-0.3, -0.25) is 4.90 Å². The molecule has 21 heavy (non-hydrogen) atoms. The largest absolute Gasteiger partial charge is 0.479 e. The van der Waals surface area contributed by atoms with E-state index in [0.717, 1.165) is 11.3 Å². The van der Waals surface area contributed by atoms with Crippen molar-refractivity contribution in [2.45, 2.75) is 25.8 Å².